The van der Waals surface area contributed by atoms with Crippen LogP contribution in [0.5, 0.6) is 0 Å². The molecule has 20 heavy (non-hydrogen) atoms. The average Bonchev–Trinajstić information content (AvgIpc) is 2.84. The molecule has 1 atom stereocenters. The third-order valence-corrected chi connectivity index (χ3v) is 2.89. The molecule has 0 fully saturated rings. The van der Waals surface area contributed by atoms with E-state index in [4.69, 9.17) is 5.11 Å². The first-order valence-corrected chi connectivity index (χ1v) is 5.98. The van der Waals surface area contributed by atoms with Crippen LogP contribution in [-0.2, 0) is 4.79 Å². The monoisotopic (exact) mass is 282 g/mol. The van der Waals surface area contributed by atoms with Gasteiger partial charge < -0.3 is 5.11 Å². The Kier molecular flexibility index (Phi) is 4.02. The van der Waals surface area contributed by atoms with Gasteiger partial charge in [0, 0.05) is 6.07 Å². The molecule has 1 unspecified atom stereocenters. The number of aliphatic carboxylic acids is 1. The maximum atomic E-state index is 13.8. The predicted octanol–water partition coefficient (Wildman–Crippen LogP) is 2.04. The van der Waals surface area contributed by atoms with Crippen molar-refractivity contribution in [2.24, 2.45) is 0 Å². The lowest BCUT2D eigenvalue weighted by Crippen LogP contribution is -2.16. The molecule has 6 nitrogen and oxygen atoms in total. The summed E-state index contributed by atoms with van der Waals surface area (Å²) in [5, 5.41) is 19.7. The van der Waals surface area contributed by atoms with Gasteiger partial charge in [0.25, 0.3) is 0 Å². The molecule has 0 bridgehead atoms. The van der Waals surface area contributed by atoms with Crippen molar-refractivity contribution in [3.05, 3.63) is 29.8 Å². The molecule has 106 valence electrons. The number of nitrogens with zero attached hydrogens (tertiary/aromatic N) is 4. The molecule has 0 aliphatic rings. The van der Waals surface area contributed by atoms with Gasteiger partial charge in [0.2, 0.25) is 0 Å². The van der Waals surface area contributed by atoms with Crippen LogP contribution in [0.15, 0.2) is 18.2 Å². The Morgan fingerprint density at radius 2 is 2.20 bits per heavy atom. The van der Waals surface area contributed by atoms with Crippen molar-refractivity contribution in [1.82, 2.24) is 20.2 Å². The molecular weight excluding hydrogens is 270 g/mol. The molecule has 1 aromatic heterocycles. The van der Waals surface area contributed by atoms with Gasteiger partial charge in [0.15, 0.2) is 5.82 Å². The van der Waals surface area contributed by atoms with Crippen LogP contribution in [0.1, 0.15) is 25.8 Å². The number of carboxylic acid groups (broad SMARTS) is 1. The van der Waals surface area contributed by atoms with Crippen LogP contribution in [0.4, 0.5) is 8.78 Å². The van der Waals surface area contributed by atoms with Crippen LogP contribution >= 0.6 is 0 Å². The van der Waals surface area contributed by atoms with Crippen molar-refractivity contribution in [2.75, 3.05) is 0 Å². The van der Waals surface area contributed by atoms with Gasteiger partial charge in [-0.3, -0.25) is 4.79 Å². The van der Waals surface area contributed by atoms with Crippen LogP contribution in [0.2, 0.25) is 0 Å². The Hall–Kier alpha value is -2.38. The van der Waals surface area contributed by atoms with E-state index in [1.54, 1.807) is 6.92 Å². The van der Waals surface area contributed by atoms with Crippen molar-refractivity contribution in [3.63, 3.8) is 0 Å². The Balaban J connectivity index is 2.43. The van der Waals surface area contributed by atoms with Crippen LogP contribution in [-0.4, -0.2) is 31.3 Å². The summed E-state index contributed by atoms with van der Waals surface area (Å²) in [6.07, 6.45) is 0.282. The largest absolute Gasteiger partial charge is 0.481 e. The highest BCUT2D eigenvalue weighted by molar-refractivity contribution is 5.67. The minimum absolute atomic E-state index is 0.0280. The number of halogens is 2. The molecule has 0 spiro atoms. The highest BCUT2D eigenvalue weighted by atomic mass is 19.1. The second-order valence-electron chi connectivity index (χ2n) is 4.23. The van der Waals surface area contributed by atoms with Crippen LogP contribution < -0.4 is 0 Å². The van der Waals surface area contributed by atoms with E-state index in [2.05, 4.69) is 15.5 Å². The molecule has 2 rings (SSSR count). The third kappa shape index (κ3) is 2.79. The van der Waals surface area contributed by atoms with Gasteiger partial charge in [-0.15, -0.1) is 5.10 Å². The van der Waals surface area contributed by atoms with E-state index in [1.165, 1.54) is 10.7 Å². The quantitative estimate of drug-likeness (QED) is 0.907. The number of aromatic nitrogens is 4. The number of benzene rings is 1. The number of carbonyl (C=O) groups is 1. The Morgan fingerprint density at radius 3 is 2.80 bits per heavy atom. The maximum absolute atomic E-state index is 13.8. The van der Waals surface area contributed by atoms with Gasteiger partial charge in [-0.25, -0.2) is 13.5 Å². The Labute approximate surface area is 113 Å². The zero-order valence-electron chi connectivity index (χ0n) is 10.6. The predicted molar refractivity (Wildman–Crippen MR) is 64.7 cm³/mol. The first kappa shape index (κ1) is 14.0. The van der Waals surface area contributed by atoms with Crippen molar-refractivity contribution in [3.8, 4) is 11.4 Å². The van der Waals surface area contributed by atoms with E-state index in [9.17, 15) is 13.6 Å². The van der Waals surface area contributed by atoms with Gasteiger partial charge in [-0.1, -0.05) is 6.92 Å². The van der Waals surface area contributed by atoms with E-state index in [0.717, 1.165) is 12.1 Å². The normalized spacial score (nSPS) is 12.3. The number of tetrazole rings is 1. The number of rotatable bonds is 5. The topological polar surface area (TPSA) is 80.9 Å². The number of hydrogen-bond donors (Lipinski definition) is 1. The minimum atomic E-state index is -1.00. The smallest absolute Gasteiger partial charge is 0.305 e. The summed E-state index contributed by atoms with van der Waals surface area (Å²) in [6.45, 7) is 1.78. The van der Waals surface area contributed by atoms with Crippen LogP contribution in [0, 0.1) is 11.6 Å². The van der Waals surface area contributed by atoms with E-state index < -0.39 is 23.6 Å². The first-order chi connectivity index (χ1) is 9.52. The minimum Gasteiger partial charge on any atom is -0.481 e. The van der Waals surface area contributed by atoms with E-state index >= 15 is 0 Å². The second-order valence-corrected chi connectivity index (χ2v) is 4.23. The highest BCUT2D eigenvalue weighted by Crippen LogP contribution is 2.25. The highest BCUT2D eigenvalue weighted by Gasteiger charge is 2.21. The fourth-order valence-electron chi connectivity index (χ4n) is 1.89. The summed E-state index contributed by atoms with van der Waals surface area (Å²) in [4.78, 5) is 10.8. The number of carboxylic acids is 1. The van der Waals surface area contributed by atoms with Gasteiger partial charge in [0.1, 0.15) is 11.6 Å². The SMILES string of the molecule is CCC(CC(=O)O)n1nnnc1-c1ccc(F)cc1F. The Morgan fingerprint density at radius 1 is 1.45 bits per heavy atom. The first-order valence-electron chi connectivity index (χ1n) is 5.98. The van der Waals surface area contributed by atoms with E-state index in [-0.39, 0.29) is 17.8 Å². The lowest BCUT2D eigenvalue weighted by Gasteiger charge is -2.14. The molecule has 1 heterocycles. The molecule has 0 amide bonds. The standard InChI is InChI=1S/C12H12F2N4O2/c1-2-8(6-11(19)20)18-12(15-16-17-18)9-4-3-7(13)5-10(9)14/h3-5,8H,2,6H2,1H3,(H,19,20). The van der Waals surface area contributed by atoms with Crippen molar-refractivity contribution < 1.29 is 18.7 Å². The zero-order chi connectivity index (χ0) is 14.7. The molecule has 8 heteroatoms. The summed E-state index contributed by atoms with van der Waals surface area (Å²) in [7, 11) is 0. The van der Waals surface area contributed by atoms with E-state index in [1.807, 2.05) is 0 Å². The molecule has 1 N–H and O–H groups in total. The summed E-state index contributed by atoms with van der Waals surface area (Å²) >= 11 is 0. The molecule has 1 aromatic carbocycles. The summed E-state index contributed by atoms with van der Waals surface area (Å²) in [5.41, 5.74) is 0.0280. The summed E-state index contributed by atoms with van der Waals surface area (Å²) in [6, 6.07) is 2.55. The molecule has 2 aromatic rings. The lowest BCUT2D eigenvalue weighted by molar-refractivity contribution is -0.138. The van der Waals surface area contributed by atoms with Gasteiger partial charge >= 0.3 is 5.97 Å². The summed E-state index contributed by atoms with van der Waals surface area (Å²) in [5.74, 6) is -2.43. The number of hydrogen-bond acceptors (Lipinski definition) is 4. The molecule has 0 radical (unpaired) electrons. The zero-order valence-corrected chi connectivity index (χ0v) is 10.6. The van der Waals surface area contributed by atoms with Crippen molar-refractivity contribution in [2.45, 2.75) is 25.8 Å². The molecule has 0 saturated carbocycles. The lowest BCUT2D eigenvalue weighted by atomic mass is 10.1. The van der Waals surface area contributed by atoms with Gasteiger partial charge in [-0.2, -0.15) is 0 Å². The maximum Gasteiger partial charge on any atom is 0.305 e. The second kappa shape index (κ2) is 5.72. The fourth-order valence-corrected chi connectivity index (χ4v) is 1.89. The van der Waals surface area contributed by atoms with Gasteiger partial charge in [-0.05, 0) is 29.0 Å². The molecule has 0 aliphatic carbocycles. The van der Waals surface area contributed by atoms with E-state index in [0.29, 0.717) is 6.42 Å². The van der Waals surface area contributed by atoms with Crippen molar-refractivity contribution in [1.29, 1.82) is 0 Å². The molecule has 0 aliphatic heterocycles. The van der Waals surface area contributed by atoms with Crippen LogP contribution in [0.3, 0.4) is 0 Å². The average molecular weight is 282 g/mol. The molecular formula is C12H12F2N4O2. The van der Waals surface area contributed by atoms with Crippen LogP contribution in [0.25, 0.3) is 11.4 Å². The third-order valence-electron chi connectivity index (χ3n) is 2.89. The van der Waals surface area contributed by atoms with Crippen molar-refractivity contribution >= 4 is 5.97 Å². The Bertz CT molecular complexity index is 630. The fraction of sp³-hybridized carbons (Fsp3) is 0.333. The summed E-state index contributed by atoms with van der Waals surface area (Å²) < 4.78 is 27.9. The molecule has 0 saturated heterocycles. The van der Waals surface area contributed by atoms with Gasteiger partial charge in [0.05, 0.1) is 18.0 Å².